The number of aliphatic hydroxyl groups is 3. The van der Waals surface area contributed by atoms with Crippen molar-refractivity contribution in [1.82, 2.24) is 0 Å². The van der Waals surface area contributed by atoms with Gasteiger partial charge in [0.15, 0.2) is 0 Å². The number of hydrogen-bond acceptors (Lipinski definition) is 4. The van der Waals surface area contributed by atoms with Crippen molar-refractivity contribution >= 4 is 0 Å². The van der Waals surface area contributed by atoms with Gasteiger partial charge >= 0.3 is 0 Å². The van der Waals surface area contributed by atoms with E-state index in [2.05, 4.69) is 0 Å². The molecule has 2 rings (SSSR count). The van der Waals surface area contributed by atoms with Gasteiger partial charge in [-0.05, 0) is 25.3 Å². The number of aliphatic hydroxyl groups excluding tert-OH is 3. The van der Waals surface area contributed by atoms with E-state index in [1.165, 1.54) is 0 Å². The Morgan fingerprint density at radius 2 is 1.83 bits per heavy atom. The van der Waals surface area contributed by atoms with Crippen LogP contribution in [0.5, 0.6) is 0 Å². The molecule has 5 atom stereocenters. The predicted octanol–water partition coefficient (Wildman–Crippen LogP) is 0.489. The van der Waals surface area contributed by atoms with Crippen molar-refractivity contribution in [2.75, 3.05) is 0 Å². The molecular formula is C14H20O4. The molecule has 4 heteroatoms. The van der Waals surface area contributed by atoms with Crippen LogP contribution in [0.3, 0.4) is 0 Å². The lowest BCUT2D eigenvalue weighted by atomic mass is 9.99. The Kier molecular flexibility index (Phi) is 4.35. The van der Waals surface area contributed by atoms with Crippen LogP contribution >= 0.6 is 0 Å². The second-order valence-electron chi connectivity index (χ2n) is 4.88. The smallest absolute Gasteiger partial charge is 0.112 e. The van der Waals surface area contributed by atoms with E-state index in [0.717, 1.165) is 12.0 Å². The lowest BCUT2D eigenvalue weighted by Crippen LogP contribution is -2.38. The average Bonchev–Trinajstić information content (AvgIpc) is 2.65. The minimum Gasteiger partial charge on any atom is -0.390 e. The van der Waals surface area contributed by atoms with Crippen LogP contribution in [0, 0.1) is 0 Å². The van der Waals surface area contributed by atoms with Crippen molar-refractivity contribution in [1.29, 1.82) is 0 Å². The van der Waals surface area contributed by atoms with E-state index in [9.17, 15) is 15.3 Å². The van der Waals surface area contributed by atoms with Gasteiger partial charge in [-0.15, -0.1) is 0 Å². The Bertz CT molecular complexity index is 367. The fourth-order valence-electron chi connectivity index (χ4n) is 2.32. The lowest BCUT2D eigenvalue weighted by molar-refractivity contribution is -0.0642. The summed E-state index contributed by atoms with van der Waals surface area (Å²) in [4.78, 5) is 0. The molecule has 1 aliphatic rings. The van der Waals surface area contributed by atoms with E-state index < -0.39 is 30.5 Å². The topological polar surface area (TPSA) is 69.9 Å². The van der Waals surface area contributed by atoms with Crippen LogP contribution in [0.15, 0.2) is 30.3 Å². The summed E-state index contributed by atoms with van der Waals surface area (Å²) < 4.78 is 5.39. The van der Waals surface area contributed by atoms with E-state index in [0.29, 0.717) is 6.42 Å². The first kappa shape index (κ1) is 13.5. The maximum Gasteiger partial charge on any atom is 0.112 e. The highest BCUT2D eigenvalue weighted by Crippen LogP contribution is 2.25. The first-order chi connectivity index (χ1) is 8.59. The van der Waals surface area contributed by atoms with Crippen LogP contribution < -0.4 is 0 Å². The van der Waals surface area contributed by atoms with E-state index in [4.69, 9.17) is 4.74 Å². The van der Waals surface area contributed by atoms with Crippen LogP contribution in [-0.2, 0) is 11.2 Å². The molecule has 3 N–H and O–H groups in total. The van der Waals surface area contributed by atoms with Gasteiger partial charge in [-0.3, -0.25) is 0 Å². The van der Waals surface area contributed by atoms with E-state index in [-0.39, 0.29) is 0 Å². The summed E-state index contributed by atoms with van der Waals surface area (Å²) in [6.07, 6.45) is -2.59. The zero-order chi connectivity index (χ0) is 13.1. The summed E-state index contributed by atoms with van der Waals surface area (Å²) in [5, 5.41) is 29.4. The van der Waals surface area contributed by atoms with Crippen molar-refractivity contribution in [3.05, 3.63) is 35.9 Å². The zero-order valence-electron chi connectivity index (χ0n) is 10.4. The number of aryl methyl sites for hydroxylation is 1. The van der Waals surface area contributed by atoms with Crippen molar-refractivity contribution in [2.45, 2.75) is 50.3 Å². The van der Waals surface area contributed by atoms with Crippen molar-refractivity contribution < 1.29 is 20.1 Å². The molecule has 0 radical (unpaired) electrons. The molecule has 1 heterocycles. The van der Waals surface area contributed by atoms with Gasteiger partial charge < -0.3 is 20.1 Å². The Morgan fingerprint density at radius 1 is 1.17 bits per heavy atom. The molecule has 0 bridgehead atoms. The molecule has 0 unspecified atom stereocenters. The predicted molar refractivity (Wildman–Crippen MR) is 67.1 cm³/mol. The van der Waals surface area contributed by atoms with Gasteiger partial charge in [0.2, 0.25) is 0 Å². The number of benzene rings is 1. The van der Waals surface area contributed by atoms with Gasteiger partial charge in [-0.2, -0.15) is 0 Å². The molecule has 1 aromatic rings. The van der Waals surface area contributed by atoms with E-state index >= 15 is 0 Å². The number of rotatable bonds is 4. The SMILES string of the molecule is C[C@@H]1O[C@H]([C@H](O)CCc2ccccc2)[C@@H](O)[C@H]1O. The molecule has 1 fully saturated rings. The Hall–Kier alpha value is -0.940. The average molecular weight is 252 g/mol. The molecule has 0 spiro atoms. The van der Waals surface area contributed by atoms with Gasteiger partial charge in [0.1, 0.15) is 18.3 Å². The minimum atomic E-state index is -1.01. The highest BCUT2D eigenvalue weighted by molar-refractivity contribution is 5.14. The van der Waals surface area contributed by atoms with Gasteiger partial charge in [-0.25, -0.2) is 0 Å². The molecule has 18 heavy (non-hydrogen) atoms. The molecule has 100 valence electrons. The van der Waals surface area contributed by atoms with Gasteiger partial charge in [0, 0.05) is 0 Å². The molecule has 0 aliphatic carbocycles. The van der Waals surface area contributed by atoms with Crippen molar-refractivity contribution in [3.8, 4) is 0 Å². The summed E-state index contributed by atoms with van der Waals surface area (Å²) in [5.74, 6) is 0. The number of ether oxygens (including phenoxy) is 1. The minimum absolute atomic E-state index is 0.434. The Morgan fingerprint density at radius 3 is 2.39 bits per heavy atom. The van der Waals surface area contributed by atoms with Gasteiger partial charge in [0.25, 0.3) is 0 Å². The lowest BCUT2D eigenvalue weighted by Gasteiger charge is -2.21. The third kappa shape index (κ3) is 2.90. The Labute approximate surface area is 107 Å². The van der Waals surface area contributed by atoms with Gasteiger partial charge in [-0.1, -0.05) is 30.3 Å². The van der Waals surface area contributed by atoms with Crippen LogP contribution in [0.2, 0.25) is 0 Å². The molecule has 0 saturated carbocycles. The molecule has 0 aromatic heterocycles. The highest BCUT2D eigenvalue weighted by Gasteiger charge is 2.43. The summed E-state index contributed by atoms with van der Waals surface area (Å²) in [5.41, 5.74) is 1.14. The van der Waals surface area contributed by atoms with Gasteiger partial charge in [0.05, 0.1) is 12.2 Å². The summed E-state index contributed by atoms with van der Waals surface area (Å²) in [6, 6.07) is 9.84. The fourth-order valence-corrected chi connectivity index (χ4v) is 2.32. The van der Waals surface area contributed by atoms with Crippen LogP contribution in [0.25, 0.3) is 0 Å². The van der Waals surface area contributed by atoms with Crippen molar-refractivity contribution in [3.63, 3.8) is 0 Å². The van der Waals surface area contributed by atoms with E-state index in [1.54, 1.807) is 6.92 Å². The summed E-state index contributed by atoms with van der Waals surface area (Å²) in [7, 11) is 0. The normalized spacial score (nSPS) is 33.6. The fraction of sp³-hybridized carbons (Fsp3) is 0.571. The zero-order valence-corrected chi connectivity index (χ0v) is 10.4. The van der Waals surface area contributed by atoms with Crippen LogP contribution in [0.1, 0.15) is 18.9 Å². The standard InChI is InChI=1S/C14H20O4/c1-9-12(16)13(17)14(18-9)11(15)8-7-10-5-3-2-4-6-10/h2-6,9,11-17H,7-8H2,1H3/t9-,11+,12-,13-,14+/m0/s1. The largest absolute Gasteiger partial charge is 0.390 e. The quantitative estimate of drug-likeness (QED) is 0.729. The second kappa shape index (κ2) is 5.80. The first-order valence-corrected chi connectivity index (χ1v) is 6.33. The van der Waals surface area contributed by atoms with E-state index in [1.807, 2.05) is 30.3 Å². The monoisotopic (exact) mass is 252 g/mol. The third-order valence-electron chi connectivity index (χ3n) is 3.49. The summed E-state index contributed by atoms with van der Waals surface area (Å²) in [6.45, 7) is 1.69. The van der Waals surface area contributed by atoms with Crippen LogP contribution in [0.4, 0.5) is 0 Å². The second-order valence-corrected chi connectivity index (χ2v) is 4.88. The molecule has 0 amide bonds. The first-order valence-electron chi connectivity index (χ1n) is 6.33. The summed E-state index contributed by atoms with van der Waals surface area (Å²) >= 11 is 0. The molecular weight excluding hydrogens is 232 g/mol. The van der Waals surface area contributed by atoms with Crippen molar-refractivity contribution in [2.24, 2.45) is 0 Å². The maximum atomic E-state index is 10.0. The molecule has 4 nitrogen and oxygen atoms in total. The van der Waals surface area contributed by atoms with Crippen LogP contribution in [-0.4, -0.2) is 45.8 Å². The maximum absolute atomic E-state index is 10.0. The number of hydrogen-bond donors (Lipinski definition) is 3. The highest BCUT2D eigenvalue weighted by atomic mass is 16.6. The molecule has 1 saturated heterocycles. The molecule has 1 aliphatic heterocycles. The molecule has 1 aromatic carbocycles. The Balaban J connectivity index is 1.87. The third-order valence-corrected chi connectivity index (χ3v) is 3.49.